The van der Waals surface area contributed by atoms with Crippen molar-refractivity contribution in [2.75, 3.05) is 13.1 Å². The fraction of sp³-hybridized carbons (Fsp3) is 0.778. The summed E-state index contributed by atoms with van der Waals surface area (Å²) in [5.41, 5.74) is 0.440. The Balaban J connectivity index is 1.70. The molecular formula is C18H30N2S. The van der Waals surface area contributed by atoms with Gasteiger partial charge in [-0.3, -0.25) is 4.90 Å². The van der Waals surface area contributed by atoms with Crippen molar-refractivity contribution in [2.45, 2.75) is 76.9 Å². The van der Waals surface area contributed by atoms with E-state index in [0.717, 1.165) is 6.04 Å². The van der Waals surface area contributed by atoms with Gasteiger partial charge in [0.1, 0.15) is 0 Å². The maximum Gasteiger partial charge on any atom is 0.0332 e. The molecule has 1 aromatic heterocycles. The number of piperazine rings is 1. The molecule has 1 unspecified atom stereocenters. The van der Waals surface area contributed by atoms with Crippen LogP contribution in [0.4, 0.5) is 0 Å². The van der Waals surface area contributed by atoms with Crippen LogP contribution in [-0.4, -0.2) is 29.6 Å². The Morgan fingerprint density at radius 1 is 1.24 bits per heavy atom. The van der Waals surface area contributed by atoms with Crippen LogP contribution in [0.5, 0.6) is 0 Å². The van der Waals surface area contributed by atoms with E-state index in [1.807, 2.05) is 11.3 Å². The minimum atomic E-state index is 0.440. The Morgan fingerprint density at radius 2 is 2.00 bits per heavy atom. The largest absolute Gasteiger partial charge is 0.308 e. The zero-order valence-electron chi connectivity index (χ0n) is 13.7. The second kappa shape index (κ2) is 6.80. The Kier molecular flexibility index (Phi) is 5.03. The Labute approximate surface area is 133 Å². The van der Waals surface area contributed by atoms with Gasteiger partial charge in [-0.1, -0.05) is 33.1 Å². The summed E-state index contributed by atoms with van der Waals surface area (Å²) < 4.78 is 0. The lowest BCUT2D eigenvalue weighted by molar-refractivity contribution is 0.0698. The molecule has 1 spiro atoms. The lowest BCUT2D eigenvalue weighted by atomic mass is 9.91. The molecule has 1 N–H and O–H groups in total. The van der Waals surface area contributed by atoms with Crippen LogP contribution >= 0.6 is 11.3 Å². The van der Waals surface area contributed by atoms with Crippen LogP contribution in [0.1, 0.15) is 62.1 Å². The Hall–Kier alpha value is -0.380. The molecule has 3 rings (SSSR count). The van der Waals surface area contributed by atoms with Crippen molar-refractivity contribution in [3.63, 3.8) is 0 Å². The fourth-order valence-corrected chi connectivity index (χ4v) is 5.11. The van der Waals surface area contributed by atoms with Gasteiger partial charge in [-0.05, 0) is 37.8 Å². The van der Waals surface area contributed by atoms with Crippen molar-refractivity contribution in [1.82, 2.24) is 10.2 Å². The van der Waals surface area contributed by atoms with Crippen molar-refractivity contribution in [2.24, 2.45) is 0 Å². The molecule has 118 valence electrons. The van der Waals surface area contributed by atoms with Crippen molar-refractivity contribution in [1.29, 1.82) is 0 Å². The first kappa shape index (κ1) is 15.5. The normalized spacial score (nSPS) is 25.7. The molecule has 2 heterocycles. The number of aryl methyl sites for hydroxylation is 1. The van der Waals surface area contributed by atoms with Crippen molar-refractivity contribution in [3.8, 4) is 0 Å². The first-order valence-electron chi connectivity index (χ1n) is 8.81. The van der Waals surface area contributed by atoms with Crippen LogP contribution in [0.25, 0.3) is 0 Å². The summed E-state index contributed by atoms with van der Waals surface area (Å²) in [6, 6.07) is 5.41. The third kappa shape index (κ3) is 3.52. The molecule has 1 saturated heterocycles. The fourth-order valence-electron chi connectivity index (χ4n) is 4.12. The summed E-state index contributed by atoms with van der Waals surface area (Å²) in [5.74, 6) is 0. The molecule has 2 fully saturated rings. The van der Waals surface area contributed by atoms with Crippen molar-refractivity contribution >= 4 is 11.3 Å². The molecule has 3 heteroatoms. The molecule has 0 aromatic carbocycles. The number of hydrogen-bond donors (Lipinski definition) is 1. The predicted molar refractivity (Wildman–Crippen MR) is 92.0 cm³/mol. The van der Waals surface area contributed by atoms with Gasteiger partial charge in [-0.2, -0.15) is 0 Å². The molecule has 0 radical (unpaired) electrons. The van der Waals surface area contributed by atoms with Crippen LogP contribution < -0.4 is 5.32 Å². The Morgan fingerprint density at radius 3 is 2.67 bits per heavy atom. The molecule has 2 aliphatic rings. The van der Waals surface area contributed by atoms with Crippen molar-refractivity contribution < 1.29 is 0 Å². The molecule has 1 aromatic rings. The quantitative estimate of drug-likeness (QED) is 0.877. The number of nitrogens with one attached hydrogen (secondary N) is 1. The smallest absolute Gasteiger partial charge is 0.0332 e. The van der Waals surface area contributed by atoms with Crippen LogP contribution in [0.15, 0.2) is 12.1 Å². The standard InChI is InChI=1S/C18H30N2S/c1-3-7-15-12-19-18(10-5-6-11-18)14-20(15)13-17-9-8-16(4-2)21-17/h8-9,15,19H,3-7,10-14H2,1-2H3. The SMILES string of the molecule is CCCC1CNC2(CCCC2)CN1Cc1ccc(CC)s1. The molecule has 1 saturated carbocycles. The zero-order chi connectivity index (χ0) is 14.7. The van der Waals surface area contributed by atoms with Crippen LogP contribution in [0.2, 0.25) is 0 Å². The summed E-state index contributed by atoms with van der Waals surface area (Å²) in [4.78, 5) is 5.88. The summed E-state index contributed by atoms with van der Waals surface area (Å²) in [7, 11) is 0. The van der Waals surface area contributed by atoms with Crippen LogP contribution in [0, 0.1) is 0 Å². The lowest BCUT2D eigenvalue weighted by Gasteiger charge is -2.46. The maximum absolute atomic E-state index is 3.92. The third-order valence-corrected chi connectivity index (χ3v) is 6.56. The van der Waals surface area contributed by atoms with E-state index in [2.05, 4.69) is 36.2 Å². The van der Waals surface area contributed by atoms with E-state index in [-0.39, 0.29) is 0 Å². The first-order valence-corrected chi connectivity index (χ1v) is 9.63. The number of thiophene rings is 1. The monoisotopic (exact) mass is 306 g/mol. The molecule has 21 heavy (non-hydrogen) atoms. The third-order valence-electron chi connectivity index (χ3n) is 5.34. The van der Waals surface area contributed by atoms with Crippen LogP contribution in [0.3, 0.4) is 0 Å². The van der Waals surface area contributed by atoms with E-state index in [4.69, 9.17) is 0 Å². The molecule has 0 amide bonds. The van der Waals surface area contributed by atoms with E-state index in [1.54, 1.807) is 4.88 Å². The summed E-state index contributed by atoms with van der Waals surface area (Å²) in [6.45, 7) is 8.20. The van der Waals surface area contributed by atoms with Gasteiger partial charge in [0.15, 0.2) is 0 Å². The highest BCUT2D eigenvalue weighted by Crippen LogP contribution is 2.34. The van der Waals surface area contributed by atoms with E-state index in [0.29, 0.717) is 5.54 Å². The minimum absolute atomic E-state index is 0.440. The number of nitrogens with zero attached hydrogens (tertiary/aromatic N) is 1. The summed E-state index contributed by atoms with van der Waals surface area (Å²) >= 11 is 2.02. The van der Waals surface area contributed by atoms with E-state index < -0.39 is 0 Å². The minimum Gasteiger partial charge on any atom is -0.308 e. The predicted octanol–water partition coefficient (Wildman–Crippen LogP) is 4.20. The van der Waals surface area contributed by atoms with Gasteiger partial charge in [0.25, 0.3) is 0 Å². The molecule has 2 nitrogen and oxygen atoms in total. The molecular weight excluding hydrogens is 276 g/mol. The topological polar surface area (TPSA) is 15.3 Å². The zero-order valence-corrected chi connectivity index (χ0v) is 14.5. The van der Waals surface area contributed by atoms with Gasteiger partial charge < -0.3 is 5.32 Å². The second-order valence-corrected chi connectivity index (χ2v) is 8.19. The first-order chi connectivity index (χ1) is 10.2. The van der Waals surface area contributed by atoms with Gasteiger partial charge in [0.05, 0.1) is 0 Å². The molecule has 0 bridgehead atoms. The maximum atomic E-state index is 3.92. The van der Waals surface area contributed by atoms with E-state index in [9.17, 15) is 0 Å². The molecule has 1 aliphatic carbocycles. The highest BCUT2D eigenvalue weighted by atomic mass is 32.1. The molecule has 1 aliphatic heterocycles. The Bertz CT molecular complexity index is 448. The average molecular weight is 307 g/mol. The molecule has 1 atom stereocenters. The lowest BCUT2D eigenvalue weighted by Crippen LogP contribution is -2.62. The van der Waals surface area contributed by atoms with Gasteiger partial charge in [0, 0.05) is 41.0 Å². The van der Waals surface area contributed by atoms with E-state index in [1.165, 1.54) is 69.5 Å². The number of rotatable bonds is 5. The second-order valence-electron chi connectivity index (χ2n) is 6.94. The van der Waals surface area contributed by atoms with Gasteiger partial charge in [-0.25, -0.2) is 0 Å². The highest BCUT2D eigenvalue weighted by molar-refractivity contribution is 7.11. The van der Waals surface area contributed by atoms with E-state index >= 15 is 0 Å². The van der Waals surface area contributed by atoms with Crippen molar-refractivity contribution in [3.05, 3.63) is 21.9 Å². The van der Waals surface area contributed by atoms with Gasteiger partial charge in [-0.15, -0.1) is 11.3 Å². The average Bonchev–Trinajstić information content (AvgIpc) is 3.12. The van der Waals surface area contributed by atoms with Crippen LogP contribution in [-0.2, 0) is 13.0 Å². The summed E-state index contributed by atoms with van der Waals surface area (Å²) in [6.07, 6.45) is 9.39. The van der Waals surface area contributed by atoms with Gasteiger partial charge in [0.2, 0.25) is 0 Å². The number of hydrogen-bond acceptors (Lipinski definition) is 3. The van der Waals surface area contributed by atoms with Gasteiger partial charge >= 0.3 is 0 Å². The highest BCUT2D eigenvalue weighted by Gasteiger charge is 2.40. The summed E-state index contributed by atoms with van der Waals surface area (Å²) in [5, 5.41) is 3.92.